The Morgan fingerprint density at radius 3 is 2.75 bits per heavy atom. The van der Waals surface area contributed by atoms with Crippen molar-refractivity contribution in [3.05, 3.63) is 50.2 Å². The first-order valence-electron chi connectivity index (χ1n) is 6.20. The molecular weight excluding hydrogens is 363 g/mol. The number of aromatic nitrogens is 2. The molecule has 2 aromatic rings. The van der Waals surface area contributed by atoms with Gasteiger partial charge < -0.3 is 0 Å². The zero-order valence-electron chi connectivity index (χ0n) is 10.9. The molecule has 108 valence electrons. The van der Waals surface area contributed by atoms with Gasteiger partial charge in [-0.15, -0.1) is 0 Å². The highest BCUT2D eigenvalue weighted by atomic mass is 79.9. The van der Waals surface area contributed by atoms with E-state index in [0.29, 0.717) is 10.0 Å². The van der Waals surface area contributed by atoms with Crippen molar-refractivity contribution in [1.29, 1.82) is 0 Å². The SMILES string of the molecule is CCCn1ncc(Cl)c1C(NN)c1ccc(Br)cc1Cl. The lowest BCUT2D eigenvalue weighted by Crippen LogP contribution is -2.31. The molecule has 0 radical (unpaired) electrons. The largest absolute Gasteiger partial charge is 0.271 e. The Morgan fingerprint density at radius 2 is 2.15 bits per heavy atom. The third-order valence-corrected chi connectivity index (χ3v) is 4.09. The molecule has 0 saturated carbocycles. The van der Waals surface area contributed by atoms with Crippen LogP contribution < -0.4 is 11.3 Å². The van der Waals surface area contributed by atoms with Gasteiger partial charge in [0, 0.05) is 16.0 Å². The van der Waals surface area contributed by atoms with E-state index in [0.717, 1.165) is 28.7 Å². The predicted octanol–water partition coefficient (Wildman–Crippen LogP) is 3.92. The molecule has 0 bridgehead atoms. The Kier molecular flexibility index (Phi) is 5.46. The number of aryl methyl sites for hydroxylation is 1. The molecule has 0 fully saturated rings. The van der Waals surface area contributed by atoms with Gasteiger partial charge in [0.15, 0.2) is 0 Å². The second-order valence-electron chi connectivity index (χ2n) is 4.37. The van der Waals surface area contributed by atoms with E-state index in [1.807, 2.05) is 22.9 Å². The van der Waals surface area contributed by atoms with Gasteiger partial charge >= 0.3 is 0 Å². The zero-order chi connectivity index (χ0) is 14.7. The van der Waals surface area contributed by atoms with Gasteiger partial charge in [-0.25, -0.2) is 5.43 Å². The molecule has 20 heavy (non-hydrogen) atoms. The predicted molar refractivity (Wildman–Crippen MR) is 85.8 cm³/mol. The maximum absolute atomic E-state index is 6.30. The number of rotatable bonds is 5. The summed E-state index contributed by atoms with van der Waals surface area (Å²) in [4.78, 5) is 0. The van der Waals surface area contributed by atoms with Gasteiger partial charge in [0.1, 0.15) is 0 Å². The molecule has 1 atom stereocenters. The third kappa shape index (κ3) is 3.18. The van der Waals surface area contributed by atoms with E-state index in [9.17, 15) is 0 Å². The molecule has 2 rings (SSSR count). The van der Waals surface area contributed by atoms with Crippen molar-refractivity contribution in [2.75, 3.05) is 0 Å². The van der Waals surface area contributed by atoms with Crippen LogP contribution in [0.5, 0.6) is 0 Å². The van der Waals surface area contributed by atoms with E-state index in [2.05, 4.69) is 33.4 Å². The number of nitrogens with one attached hydrogen (secondary N) is 1. The minimum absolute atomic E-state index is 0.308. The summed E-state index contributed by atoms with van der Waals surface area (Å²) >= 11 is 15.9. The van der Waals surface area contributed by atoms with Gasteiger partial charge in [0.2, 0.25) is 0 Å². The van der Waals surface area contributed by atoms with Crippen LogP contribution in [-0.4, -0.2) is 9.78 Å². The molecule has 0 saturated heterocycles. The molecular formula is C13H15BrCl2N4. The number of hydrogen-bond donors (Lipinski definition) is 2. The van der Waals surface area contributed by atoms with Crippen molar-refractivity contribution in [1.82, 2.24) is 15.2 Å². The topological polar surface area (TPSA) is 55.9 Å². The van der Waals surface area contributed by atoms with Crippen molar-refractivity contribution < 1.29 is 0 Å². The first-order valence-corrected chi connectivity index (χ1v) is 7.75. The van der Waals surface area contributed by atoms with Gasteiger partial charge in [-0.1, -0.05) is 52.1 Å². The second kappa shape index (κ2) is 6.91. The number of nitrogens with two attached hydrogens (primary N) is 1. The number of nitrogens with zero attached hydrogens (tertiary/aromatic N) is 2. The van der Waals surface area contributed by atoms with Crippen LogP contribution in [0.4, 0.5) is 0 Å². The molecule has 4 nitrogen and oxygen atoms in total. The number of hydrogen-bond acceptors (Lipinski definition) is 3. The lowest BCUT2D eigenvalue weighted by Gasteiger charge is -2.20. The van der Waals surface area contributed by atoms with Crippen LogP contribution >= 0.6 is 39.1 Å². The quantitative estimate of drug-likeness (QED) is 0.613. The van der Waals surface area contributed by atoms with Gasteiger partial charge in [-0.2, -0.15) is 5.10 Å². The van der Waals surface area contributed by atoms with E-state index in [1.165, 1.54) is 0 Å². The first kappa shape index (κ1) is 15.8. The van der Waals surface area contributed by atoms with Crippen molar-refractivity contribution in [3.8, 4) is 0 Å². The van der Waals surface area contributed by atoms with E-state index in [-0.39, 0.29) is 6.04 Å². The fourth-order valence-corrected chi connectivity index (χ4v) is 3.13. The van der Waals surface area contributed by atoms with Crippen LogP contribution in [0.1, 0.15) is 30.6 Å². The maximum Gasteiger partial charge on any atom is 0.0907 e. The summed E-state index contributed by atoms with van der Waals surface area (Å²) < 4.78 is 2.76. The smallest absolute Gasteiger partial charge is 0.0907 e. The molecule has 7 heteroatoms. The van der Waals surface area contributed by atoms with Crippen LogP contribution in [0.15, 0.2) is 28.9 Å². The molecule has 1 aromatic heterocycles. The van der Waals surface area contributed by atoms with Crippen LogP contribution in [0.2, 0.25) is 10.0 Å². The Hall–Kier alpha value is -0.590. The van der Waals surface area contributed by atoms with E-state index in [4.69, 9.17) is 29.0 Å². The molecule has 1 heterocycles. The van der Waals surface area contributed by atoms with Crippen molar-refractivity contribution in [2.24, 2.45) is 5.84 Å². The normalized spacial score (nSPS) is 12.7. The van der Waals surface area contributed by atoms with E-state index in [1.54, 1.807) is 6.20 Å². The summed E-state index contributed by atoms with van der Waals surface area (Å²) in [7, 11) is 0. The van der Waals surface area contributed by atoms with Gasteiger partial charge in [0.25, 0.3) is 0 Å². The van der Waals surface area contributed by atoms with Gasteiger partial charge in [0.05, 0.1) is 23.0 Å². The molecule has 0 aliphatic carbocycles. The average molecular weight is 378 g/mol. The van der Waals surface area contributed by atoms with Crippen molar-refractivity contribution in [3.63, 3.8) is 0 Å². The second-order valence-corrected chi connectivity index (χ2v) is 6.10. The highest BCUT2D eigenvalue weighted by Gasteiger charge is 2.23. The molecule has 0 spiro atoms. The standard InChI is InChI=1S/C13H15BrCl2N4/c1-2-5-20-13(11(16)7-18-20)12(19-17)9-4-3-8(14)6-10(9)15/h3-4,6-7,12,19H,2,5,17H2,1H3. The third-order valence-electron chi connectivity index (χ3n) is 2.98. The molecule has 1 unspecified atom stereocenters. The lowest BCUT2D eigenvalue weighted by atomic mass is 10.0. The van der Waals surface area contributed by atoms with Crippen LogP contribution in [0, 0.1) is 0 Å². The molecule has 0 aliphatic rings. The van der Waals surface area contributed by atoms with Crippen LogP contribution in [0.25, 0.3) is 0 Å². The molecule has 1 aromatic carbocycles. The number of hydrazine groups is 1. The average Bonchev–Trinajstić information content (AvgIpc) is 2.75. The molecule has 0 amide bonds. The minimum Gasteiger partial charge on any atom is -0.271 e. The minimum atomic E-state index is -0.308. The fourth-order valence-electron chi connectivity index (χ4n) is 2.10. The van der Waals surface area contributed by atoms with Gasteiger partial charge in [-0.05, 0) is 24.1 Å². The number of halogens is 3. The fraction of sp³-hybridized carbons (Fsp3) is 0.308. The van der Waals surface area contributed by atoms with Crippen LogP contribution in [0.3, 0.4) is 0 Å². The highest BCUT2D eigenvalue weighted by molar-refractivity contribution is 9.10. The Bertz CT molecular complexity index is 600. The van der Waals surface area contributed by atoms with E-state index < -0.39 is 0 Å². The summed E-state index contributed by atoms with van der Waals surface area (Å²) in [6.45, 7) is 2.85. The van der Waals surface area contributed by atoms with Gasteiger partial charge in [-0.3, -0.25) is 10.5 Å². The van der Waals surface area contributed by atoms with Crippen molar-refractivity contribution >= 4 is 39.1 Å². The Labute approximate surface area is 136 Å². The monoisotopic (exact) mass is 376 g/mol. The summed E-state index contributed by atoms with van der Waals surface area (Å²) in [5.74, 6) is 5.72. The summed E-state index contributed by atoms with van der Waals surface area (Å²) in [6.07, 6.45) is 2.58. The lowest BCUT2D eigenvalue weighted by molar-refractivity contribution is 0.521. The first-order chi connectivity index (χ1) is 9.58. The Morgan fingerprint density at radius 1 is 1.40 bits per heavy atom. The maximum atomic E-state index is 6.30. The summed E-state index contributed by atoms with van der Waals surface area (Å²) in [6, 6.07) is 5.35. The zero-order valence-corrected chi connectivity index (χ0v) is 14.0. The van der Waals surface area contributed by atoms with Crippen molar-refractivity contribution in [2.45, 2.75) is 25.9 Å². The van der Waals surface area contributed by atoms with Crippen LogP contribution in [-0.2, 0) is 6.54 Å². The number of benzene rings is 1. The summed E-state index contributed by atoms with van der Waals surface area (Å²) in [5, 5.41) is 5.47. The summed E-state index contributed by atoms with van der Waals surface area (Å²) in [5.41, 5.74) is 4.45. The Balaban J connectivity index is 2.49. The molecule has 0 aliphatic heterocycles. The van der Waals surface area contributed by atoms with E-state index >= 15 is 0 Å². The molecule has 3 N–H and O–H groups in total. The highest BCUT2D eigenvalue weighted by Crippen LogP contribution is 2.33.